The lowest BCUT2D eigenvalue weighted by Gasteiger charge is -2.25. The first-order valence-electron chi connectivity index (χ1n) is 6.35. The lowest BCUT2D eigenvalue weighted by atomic mass is 10.2. The molecule has 4 heteroatoms. The zero-order valence-corrected chi connectivity index (χ0v) is 11.2. The molecule has 0 N–H and O–H groups in total. The van der Waals surface area contributed by atoms with Crippen LogP contribution in [0, 0.1) is 6.92 Å². The fourth-order valence-corrected chi connectivity index (χ4v) is 2.95. The maximum atomic E-state index is 6.03. The van der Waals surface area contributed by atoms with Gasteiger partial charge in [0, 0.05) is 18.5 Å². The van der Waals surface area contributed by atoms with Crippen molar-refractivity contribution in [2.45, 2.75) is 25.8 Å². The van der Waals surface area contributed by atoms with Crippen LogP contribution in [0.1, 0.15) is 18.5 Å². The fraction of sp³-hybridized carbons (Fsp3) is 0.429. The van der Waals surface area contributed by atoms with Gasteiger partial charge in [-0.05, 0) is 31.9 Å². The molecule has 1 fully saturated rings. The van der Waals surface area contributed by atoms with E-state index >= 15 is 0 Å². The van der Waals surface area contributed by atoms with Crippen molar-refractivity contribution in [1.29, 1.82) is 0 Å². The smallest absolute Gasteiger partial charge is 0.151 e. The molecule has 1 aromatic carbocycles. The third-order valence-corrected chi connectivity index (χ3v) is 3.90. The van der Waals surface area contributed by atoms with Crippen molar-refractivity contribution >= 4 is 28.5 Å². The van der Waals surface area contributed by atoms with E-state index in [4.69, 9.17) is 16.6 Å². The number of aromatic nitrogens is 2. The summed E-state index contributed by atoms with van der Waals surface area (Å²) in [7, 11) is 0. The lowest BCUT2D eigenvalue weighted by molar-refractivity contribution is 0.731. The number of alkyl halides is 1. The van der Waals surface area contributed by atoms with Gasteiger partial charge in [0.15, 0.2) is 5.82 Å². The van der Waals surface area contributed by atoms with E-state index in [0.717, 1.165) is 35.5 Å². The van der Waals surface area contributed by atoms with Crippen molar-refractivity contribution < 1.29 is 0 Å². The highest BCUT2D eigenvalue weighted by Gasteiger charge is 2.26. The number of para-hydroxylation sites is 2. The molecule has 3 rings (SSSR count). The molecule has 2 heterocycles. The zero-order valence-electron chi connectivity index (χ0n) is 10.4. The maximum Gasteiger partial charge on any atom is 0.151 e. The molecular weight excluding hydrogens is 246 g/mol. The van der Waals surface area contributed by atoms with Crippen molar-refractivity contribution in [3.63, 3.8) is 0 Å². The molecule has 0 bridgehead atoms. The molecule has 1 saturated heterocycles. The predicted octanol–water partition coefficient (Wildman–Crippen LogP) is 3.15. The molecular formula is C14H16ClN3. The van der Waals surface area contributed by atoms with Gasteiger partial charge in [0.1, 0.15) is 0 Å². The van der Waals surface area contributed by atoms with E-state index in [1.165, 1.54) is 6.42 Å². The van der Waals surface area contributed by atoms with Crippen LogP contribution < -0.4 is 4.90 Å². The van der Waals surface area contributed by atoms with E-state index < -0.39 is 0 Å². The minimum absolute atomic E-state index is 0.404. The monoisotopic (exact) mass is 261 g/mol. The fourth-order valence-electron chi connectivity index (χ4n) is 2.63. The Balaban J connectivity index is 2.08. The first-order chi connectivity index (χ1) is 8.79. The number of rotatable bonds is 2. The van der Waals surface area contributed by atoms with Crippen LogP contribution in [0.3, 0.4) is 0 Å². The van der Waals surface area contributed by atoms with Crippen LogP contribution in [-0.4, -0.2) is 28.4 Å². The van der Waals surface area contributed by atoms with E-state index in [1.54, 1.807) is 0 Å². The second-order valence-corrected chi connectivity index (χ2v) is 5.07. The highest BCUT2D eigenvalue weighted by atomic mass is 35.5. The van der Waals surface area contributed by atoms with E-state index in [0.29, 0.717) is 11.9 Å². The summed E-state index contributed by atoms with van der Waals surface area (Å²) < 4.78 is 0. The lowest BCUT2D eigenvalue weighted by Crippen LogP contribution is -2.32. The molecule has 2 aromatic rings. The number of benzene rings is 1. The number of fused-ring (bicyclic) bond motifs is 1. The Kier molecular flexibility index (Phi) is 3.08. The summed E-state index contributed by atoms with van der Waals surface area (Å²) in [5.74, 6) is 1.66. The Morgan fingerprint density at radius 2 is 2.00 bits per heavy atom. The third-order valence-electron chi connectivity index (χ3n) is 3.55. The van der Waals surface area contributed by atoms with Crippen LogP contribution in [-0.2, 0) is 0 Å². The number of hydrogen-bond acceptors (Lipinski definition) is 3. The van der Waals surface area contributed by atoms with Gasteiger partial charge in [0.2, 0.25) is 0 Å². The molecule has 1 unspecified atom stereocenters. The predicted molar refractivity (Wildman–Crippen MR) is 75.4 cm³/mol. The molecule has 0 saturated carbocycles. The van der Waals surface area contributed by atoms with Crippen LogP contribution in [0.2, 0.25) is 0 Å². The van der Waals surface area contributed by atoms with Gasteiger partial charge in [0.05, 0.1) is 16.7 Å². The highest BCUT2D eigenvalue weighted by molar-refractivity contribution is 6.18. The van der Waals surface area contributed by atoms with Gasteiger partial charge in [-0.2, -0.15) is 0 Å². The van der Waals surface area contributed by atoms with E-state index in [2.05, 4.69) is 9.88 Å². The van der Waals surface area contributed by atoms with Gasteiger partial charge >= 0.3 is 0 Å². The summed E-state index contributed by atoms with van der Waals surface area (Å²) in [6.45, 7) is 3.06. The minimum Gasteiger partial charge on any atom is -0.351 e. The Labute approximate surface area is 112 Å². The van der Waals surface area contributed by atoms with Gasteiger partial charge in [-0.15, -0.1) is 11.6 Å². The Bertz CT molecular complexity index is 570. The topological polar surface area (TPSA) is 29.0 Å². The van der Waals surface area contributed by atoms with Crippen LogP contribution in [0.5, 0.6) is 0 Å². The van der Waals surface area contributed by atoms with Gasteiger partial charge < -0.3 is 4.90 Å². The number of hydrogen-bond donors (Lipinski definition) is 0. The Hall–Kier alpha value is -1.35. The first-order valence-corrected chi connectivity index (χ1v) is 6.89. The van der Waals surface area contributed by atoms with Crippen LogP contribution in [0.4, 0.5) is 5.82 Å². The zero-order chi connectivity index (χ0) is 12.5. The molecule has 1 aromatic heterocycles. The van der Waals surface area contributed by atoms with Crippen molar-refractivity contribution in [3.05, 3.63) is 30.0 Å². The Morgan fingerprint density at radius 1 is 1.28 bits per heavy atom. The van der Waals surface area contributed by atoms with Crippen molar-refractivity contribution in [2.75, 3.05) is 17.3 Å². The number of anilines is 1. The van der Waals surface area contributed by atoms with E-state index in [-0.39, 0.29) is 0 Å². The second-order valence-electron chi connectivity index (χ2n) is 4.77. The maximum absolute atomic E-state index is 6.03. The molecule has 94 valence electrons. The molecule has 3 nitrogen and oxygen atoms in total. The van der Waals surface area contributed by atoms with Crippen LogP contribution >= 0.6 is 11.6 Å². The second kappa shape index (κ2) is 4.73. The summed E-state index contributed by atoms with van der Waals surface area (Å²) in [6.07, 6.45) is 2.34. The number of nitrogens with zero attached hydrogens (tertiary/aromatic N) is 3. The molecule has 0 radical (unpaired) electrons. The summed E-state index contributed by atoms with van der Waals surface area (Å²) in [4.78, 5) is 11.7. The van der Waals surface area contributed by atoms with Crippen LogP contribution in [0.15, 0.2) is 24.3 Å². The molecule has 18 heavy (non-hydrogen) atoms. The highest BCUT2D eigenvalue weighted by Crippen LogP contribution is 2.28. The number of aryl methyl sites for hydroxylation is 1. The van der Waals surface area contributed by atoms with Crippen molar-refractivity contribution in [1.82, 2.24) is 9.97 Å². The first kappa shape index (κ1) is 11.7. The van der Waals surface area contributed by atoms with Gasteiger partial charge in [-0.25, -0.2) is 9.97 Å². The van der Waals surface area contributed by atoms with Crippen LogP contribution in [0.25, 0.3) is 11.0 Å². The van der Waals surface area contributed by atoms with Gasteiger partial charge in [-0.3, -0.25) is 0 Å². The number of halogens is 1. The SMILES string of the molecule is Cc1nc2ccccc2nc1N1CCCC1CCl. The quantitative estimate of drug-likeness (QED) is 0.778. The van der Waals surface area contributed by atoms with Crippen molar-refractivity contribution in [2.24, 2.45) is 0 Å². The third kappa shape index (κ3) is 1.93. The summed E-state index contributed by atoms with van der Waals surface area (Å²) in [5.41, 5.74) is 2.91. The van der Waals surface area contributed by atoms with E-state index in [1.807, 2.05) is 31.2 Å². The van der Waals surface area contributed by atoms with Gasteiger partial charge in [-0.1, -0.05) is 12.1 Å². The molecule has 1 atom stereocenters. The standard InChI is InChI=1S/C14H16ClN3/c1-10-14(18-8-4-5-11(18)9-15)17-13-7-3-2-6-12(13)16-10/h2-3,6-7,11H,4-5,8-9H2,1H3. The average molecular weight is 262 g/mol. The largest absolute Gasteiger partial charge is 0.351 e. The Morgan fingerprint density at radius 3 is 2.72 bits per heavy atom. The summed E-state index contributed by atoms with van der Waals surface area (Å²) in [5, 5.41) is 0. The molecule has 1 aliphatic heterocycles. The minimum atomic E-state index is 0.404. The average Bonchev–Trinajstić information content (AvgIpc) is 2.86. The molecule has 0 amide bonds. The molecule has 0 spiro atoms. The normalized spacial score (nSPS) is 19.7. The molecule has 1 aliphatic rings. The summed E-state index contributed by atoms with van der Waals surface area (Å²) >= 11 is 6.03. The summed E-state index contributed by atoms with van der Waals surface area (Å²) in [6, 6.07) is 8.41. The van der Waals surface area contributed by atoms with Gasteiger partial charge in [0.25, 0.3) is 0 Å². The van der Waals surface area contributed by atoms with E-state index in [9.17, 15) is 0 Å². The van der Waals surface area contributed by atoms with Crippen molar-refractivity contribution in [3.8, 4) is 0 Å². The molecule has 0 aliphatic carbocycles.